The summed E-state index contributed by atoms with van der Waals surface area (Å²) >= 11 is 0. The molecule has 1 saturated heterocycles. The highest BCUT2D eigenvalue weighted by Gasteiger charge is 2.24. The summed E-state index contributed by atoms with van der Waals surface area (Å²) < 4.78 is 14.1. The van der Waals surface area contributed by atoms with Crippen molar-refractivity contribution in [2.75, 3.05) is 18.0 Å². The standard InChI is InChI=1S/C15H22FNO/c1-3-12-6-5-9-17(10-12)15-13(11(2)18)7-4-8-14(15)16/h4,7-8,11-12,18H,3,5-6,9-10H2,1-2H3/t11-,12?/m1/s1. The van der Waals surface area contributed by atoms with Gasteiger partial charge in [0.2, 0.25) is 0 Å². The molecule has 1 heterocycles. The van der Waals surface area contributed by atoms with Crippen molar-refractivity contribution in [1.29, 1.82) is 0 Å². The molecular formula is C15H22FNO. The number of halogens is 1. The van der Waals surface area contributed by atoms with Crippen molar-refractivity contribution < 1.29 is 9.50 Å². The van der Waals surface area contributed by atoms with Crippen LogP contribution in [0, 0.1) is 11.7 Å². The molecule has 2 atom stereocenters. The van der Waals surface area contributed by atoms with Crippen molar-refractivity contribution in [2.24, 2.45) is 5.92 Å². The Bertz CT molecular complexity index is 405. The third kappa shape index (κ3) is 2.66. The van der Waals surface area contributed by atoms with Crippen LogP contribution in [0.15, 0.2) is 18.2 Å². The zero-order valence-electron chi connectivity index (χ0n) is 11.2. The average molecular weight is 251 g/mol. The summed E-state index contributed by atoms with van der Waals surface area (Å²) in [7, 11) is 0. The number of rotatable bonds is 3. The van der Waals surface area contributed by atoms with Gasteiger partial charge in [0.1, 0.15) is 5.82 Å². The quantitative estimate of drug-likeness (QED) is 0.888. The number of aliphatic hydroxyl groups is 1. The molecule has 3 heteroatoms. The van der Waals surface area contributed by atoms with Gasteiger partial charge < -0.3 is 10.0 Å². The Hall–Kier alpha value is -1.09. The molecule has 2 nitrogen and oxygen atoms in total. The van der Waals surface area contributed by atoms with Crippen molar-refractivity contribution in [1.82, 2.24) is 0 Å². The first-order chi connectivity index (χ1) is 8.63. The fourth-order valence-corrected chi connectivity index (χ4v) is 2.80. The van der Waals surface area contributed by atoms with Gasteiger partial charge in [0.25, 0.3) is 0 Å². The lowest BCUT2D eigenvalue weighted by molar-refractivity contribution is 0.199. The third-order valence-electron chi connectivity index (χ3n) is 3.88. The molecule has 18 heavy (non-hydrogen) atoms. The molecule has 2 rings (SSSR count). The maximum absolute atomic E-state index is 14.1. The molecule has 0 amide bonds. The van der Waals surface area contributed by atoms with E-state index in [0.29, 0.717) is 17.2 Å². The molecule has 1 fully saturated rings. The summed E-state index contributed by atoms with van der Waals surface area (Å²) in [5.41, 5.74) is 1.30. The second kappa shape index (κ2) is 5.70. The highest BCUT2D eigenvalue weighted by molar-refractivity contribution is 5.56. The summed E-state index contributed by atoms with van der Waals surface area (Å²) in [6, 6.07) is 4.97. The van der Waals surface area contributed by atoms with Crippen LogP contribution in [0.5, 0.6) is 0 Å². The lowest BCUT2D eigenvalue weighted by Gasteiger charge is -2.35. The van der Waals surface area contributed by atoms with Crippen LogP contribution in [-0.4, -0.2) is 18.2 Å². The highest BCUT2D eigenvalue weighted by Crippen LogP contribution is 2.33. The number of hydrogen-bond acceptors (Lipinski definition) is 2. The van der Waals surface area contributed by atoms with Gasteiger partial charge in [-0.3, -0.25) is 0 Å². The van der Waals surface area contributed by atoms with Crippen LogP contribution in [0.25, 0.3) is 0 Å². The minimum Gasteiger partial charge on any atom is -0.389 e. The number of hydrogen-bond donors (Lipinski definition) is 1. The van der Waals surface area contributed by atoms with E-state index in [4.69, 9.17) is 0 Å². The molecule has 1 aromatic rings. The van der Waals surface area contributed by atoms with Crippen molar-refractivity contribution in [2.45, 2.75) is 39.2 Å². The second-order valence-electron chi connectivity index (χ2n) is 5.22. The second-order valence-corrected chi connectivity index (χ2v) is 5.22. The smallest absolute Gasteiger partial charge is 0.146 e. The molecule has 1 aliphatic rings. The molecule has 0 saturated carbocycles. The number of nitrogens with zero attached hydrogens (tertiary/aromatic N) is 1. The van der Waals surface area contributed by atoms with E-state index >= 15 is 0 Å². The van der Waals surface area contributed by atoms with Crippen molar-refractivity contribution in [3.63, 3.8) is 0 Å². The van der Waals surface area contributed by atoms with Crippen LogP contribution in [-0.2, 0) is 0 Å². The Morgan fingerprint density at radius 2 is 2.28 bits per heavy atom. The van der Waals surface area contributed by atoms with Gasteiger partial charge in [-0.2, -0.15) is 0 Å². The van der Waals surface area contributed by atoms with Gasteiger partial charge in [-0.15, -0.1) is 0 Å². The van der Waals surface area contributed by atoms with E-state index in [1.807, 2.05) is 6.07 Å². The number of aliphatic hydroxyl groups excluding tert-OH is 1. The minimum absolute atomic E-state index is 0.217. The first-order valence-electron chi connectivity index (χ1n) is 6.85. The first kappa shape index (κ1) is 13.3. The first-order valence-corrected chi connectivity index (χ1v) is 6.85. The van der Waals surface area contributed by atoms with Crippen LogP contribution in [0.1, 0.15) is 44.8 Å². The van der Waals surface area contributed by atoms with Crippen LogP contribution < -0.4 is 4.90 Å². The fraction of sp³-hybridized carbons (Fsp3) is 0.600. The van der Waals surface area contributed by atoms with E-state index < -0.39 is 6.10 Å². The Kier molecular flexibility index (Phi) is 4.23. The largest absolute Gasteiger partial charge is 0.389 e. The molecule has 0 bridgehead atoms. The molecule has 1 aromatic carbocycles. The molecule has 0 spiro atoms. The lowest BCUT2D eigenvalue weighted by Crippen LogP contribution is -2.36. The molecule has 0 radical (unpaired) electrons. The predicted octanol–water partition coefficient (Wildman–Crippen LogP) is 3.51. The highest BCUT2D eigenvalue weighted by atomic mass is 19.1. The zero-order valence-corrected chi connectivity index (χ0v) is 11.2. The van der Waals surface area contributed by atoms with E-state index in [1.165, 1.54) is 12.5 Å². The maximum Gasteiger partial charge on any atom is 0.146 e. The van der Waals surface area contributed by atoms with Gasteiger partial charge >= 0.3 is 0 Å². The summed E-state index contributed by atoms with van der Waals surface area (Å²) in [5, 5.41) is 9.79. The van der Waals surface area contributed by atoms with E-state index in [2.05, 4.69) is 11.8 Å². The fourth-order valence-electron chi connectivity index (χ4n) is 2.80. The molecule has 1 N–H and O–H groups in total. The van der Waals surface area contributed by atoms with Gasteiger partial charge in [-0.25, -0.2) is 4.39 Å². The average Bonchev–Trinajstić information content (AvgIpc) is 2.38. The van der Waals surface area contributed by atoms with Gasteiger partial charge in [0.15, 0.2) is 0 Å². The Morgan fingerprint density at radius 1 is 1.50 bits per heavy atom. The van der Waals surface area contributed by atoms with Crippen molar-refractivity contribution in [3.05, 3.63) is 29.6 Å². The van der Waals surface area contributed by atoms with Gasteiger partial charge in [-0.05, 0) is 31.7 Å². The summed E-state index contributed by atoms with van der Waals surface area (Å²) in [6.45, 7) is 5.67. The van der Waals surface area contributed by atoms with Gasteiger partial charge in [-0.1, -0.05) is 25.5 Å². The molecule has 0 aromatic heterocycles. The number of benzene rings is 1. The Morgan fingerprint density at radius 3 is 2.94 bits per heavy atom. The van der Waals surface area contributed by atoms with E-state index in [0.717, 1.165) is 25.9 Å². The minimum atomic E-state index is -0.627. The number of para-hydroxylation sites is 1. The van der Waals surface area contributed by atoms with Crippen LogP contribution in [0.4, 0.5) is 10.1 Å². The zero-order chi connectivity index (χ0) is 13.1. The number of piperidine rings is 1. The molecule has 100 valence electrons. The summed E-state index contributed by atoms with van der Waals surface area (Å²) in [4.78, 5) is 2.11. The summed E-state index contributed by atoms with van der Waals surface area (Å²) in [6.07, 6.45) is 2.84. The normalized spacial score (nSPS) is 22.0. The Labute approximate surface area is 108 Å². The topological polar surface area (TPSA) is 23.5 Å². The molecular weight excluding hydrogens is 229 g/mol. The SMILES string of the molecule is CCC1CCCN(c2c(F)cccc2[C@@H](C)O)C1. The lowest BCUT2D eigenvalue weighted by atomic mass is 9.94. The summed E-state index contributed by atoms with van der Waals surface area (Å²) in [5.74, 6) is 0.422. The van der Waals surface area contributed by atoms with Crippen LogP contribution in [0.2, 0.25) is 0 Å². The molecule has 1 aliphatic heterocycles. The van der Waals surface area contributed by atoms with Gasteiger partial charge in [0.05, 0.1) is 11.8 Å². The van der Waals surface area contributed by atoms with Gasteiger partial charge in [0, 0.05) is 18.7 Å². The van der Waals surface area contributed by atoms with E-state index in [1.54, 1.807) is 13.0 Å². The van der Waals surface area contributed by atoms with E-state index in [-0.39, 0.29) is 5.82 Å². The number of anilines is 1. The van der Waals surface area contributed by atoms with Crippen molar-refractivity contribution >= 4 is 5.69 Å². The molecule has 0 aliphatic carbocycles. The van der Waals surface area contributed by atoms with Crippen LogP contribution >= 0.6 is 0 Å². The van der Waals surface area contributed by atoms with Crippen LogP contribution in [0.3, 0.4) is 0 Å². The monoisotopic (exact) mass is 251 g/mol. The maximum atomic E-state index is 14.1. The van der Waals surface area contributed by atoms with Crippen molar-refractivity contribution in [3.8, 4) is 0 Å². The third-order valence-corrected chi connectivity index (χ3v) is 3.88. The molecule has 1 unspecified atom stereocenters. The Balaban J connectivity index is 2.31. The van der Waals surface area contributed by atoms with E-state index in [9.17, 15) is 9.50 Å². The predicted molar refractivity (Wildman–Crippen MR) is 72.3 cm³/mol.